The number of nitrogens with zero attached hydrogens (tertiary/aromatic N) is 2. The van der Waals surface area contributed by atoms with Gasteiger partial charge in [0.25, 0.3) is 0 Å². The number of methoxy groups -OCH3 is 1. The van der Waals surface area contributed by atoms with Crippen LogP contribution < -0.4 is 10.6 Å². The summed E-state index contributed by atoms with van der Waals surface area (Å²) in [5, 5.41) is 6.34. The molecule has 1 unspecified atom stereocenters. The largest absolute Gasteiger partial charge is 0.466 e. The second-order valence-corrected chi connectivity index (χ2v) is 11.2. The van der Waals surface area contributed by atoms with Gasteiger partial charge in [-0.15, -0.1) is 0 Å². The fraction of sp³-hybridized carbons (Fsp3) is 0.343. The van der Waals surface area contributed by atoms with Crippen molar-refractivity contribution in [3.63, 3.8) is 0 Å². The van der Waals surface area contributed by atoms with Crippen LogP contribution in [0.1, 0.15) is 55.7 Å². The number of ether oxygens (including phenoxy) is 1. The molecule has 1 atom stereocenters. The summed E-state index contributed by atoms with van der Waals surface area (Å²) in [7, 11) is 1.36. The van der Waals surface area contributed by atoms with Crippen molar-refractivity contribution in [2.45, 2.75) is 44.4 Å². The van der Waals surface area contributed by atoms with Gasteiger partial charge in [0, 0.05) is 41.3 Å². The highest BCUT2D eigenvalue weighted by Crippen LogP contribution is 2.42. The number of dihydropyridines is 1. The predicted molar refractivity (Wildman–Crippen MR) is 164 cm³/mol. The van der Waals surface area contributed by atoms with E-state index in [9.17, 15) is 9.59 Å². The van der Waals surface area contributed by atoms with Crippen LogP contribution in [-0.4, -0.2) is 55.0 Å². The maximum atomic E-state index is 13.6. The minimum absolute atomic E-state index is 0.0233. The van der Waals surface area contributed by atoms with Crippen LogP contribution in [0.2, 0.25) is 0 Å². The average molecular weight is 565 g/mol. The summed E-state index contributed by atoms with van der Waals surface area (Å²) in [6, 6.07) is 25.5. The van der Waals surface area contributed by atoms with E-state index >= 15 is 0 Å². The van der Waals surface area contributed by atoms with Crippen LogP contribution in [0.25, 0.3) is 0 Å². The first-order valence-corrected chi connectivity index (χ1v) is 14.7. The van der Waals surface area contributed by atoms with Gasteiger partial charge in [-0.05, 0) is 75.5 Å². The van der Waals surface area contributed by atoms with E-state index in [1.165, 1.54) is 18.2 Å². The number of allylic oxidation sites excluding steroid dienone is 2. The van der Waals surface area contributed by atoms with Crippen molar-refractivity contribution in [1.82, 2.24) is 20.5 Å². The second kappa shape index (κ2) is 13.2. The Labute approximate surface area is 248 Å². The van der Waals surface area contributed by atoms with Crippen LogP contribution in [0.5, 0.6) is 0 Å². The van der Waals surface area contributed by atoms with Crippen LogP contribution >= 0.6 is 0 Å². The topological polar surface area (TPSA) is 83.6 Å². The molecule has 1 aromatic heterocycles. The molecule has 3 aromatic rings. The molecule has 2 aliphatic rings. The van der Waals surface area contributed by atoms with Gasteiger partial charge in [-0.3, -0.25) is 9.78 Å². The van der Waals surface area contributed by atoms with Crippen LogP contribution in [0, 0.1) is 0 Å². The van der Waals surface area contributed by atoms with E-state index in [0.717, 1.165) is 50.2 Å². The van der Waals surface area contributed by atoms with Gasteiger partial charge in [0.1, 0.15) is 0 Å². The minimum atomic E-state index is -0.557. The number of carbonyl (C=O) groups is 2. The summed E-state index contributed by atoms with van der Waals surface area (Å²) >= 11 is 0. The lowest BCUT2D eigenvalue weighted by Crippen LogP contribution is -2.44. The SMILES string of the molecule is COC(=O)C1=C(C)NC(C)=C(C(=O)NCCCN2CCC(c3ccccc3)(c3ccccc3)CC2)C1c1cccnc1. The van der Waals surface area contributed by atoms with Crippen molar-refractivity contribution in [2.24, 2.45) is 0 Å². The van der Waals surface area contributed by atoms with Crippen molar-refractivity contribution >= 4 is 11.9 Å². The fourth-order valence-corrected chi connectivity index (χ4v) is 6.57. The number of likely N-dealkylation sites (tertiary alicyclic amines) is 1. The van der Waals surface area contributed by atoms with Crippen molar-refractivity contribution < 1.29 is 14.3 Å². The zero-order chi connectivity index (χ0) is 29.5. The Bertz CT molecular complexity index is 1400. The van der Waals surface area contributed by atoms with Gasteiger partial charge < -0.3 is 20.3 Å². The monoisotopic (exact) mass is 564 g/mol. The first kappa shape index (κ1) is 29.3. The van der Waals surface area contributed by atoms with Crippen molar-refractivity contribution in [2.75, 3.05) is 33.3 Å². The molecule has 1 saturated heterocycles. The van der Waals surface area contributed by atoms with Gasteiger partial charge in [-0.25, -0.2) is 4.79 Å². The maximum absolute atomic E-state index is 13.6. The summed E-state index contributed by atoms with van der Waals surface area (Å²) in [5.74, 6) is -1.20. The Kier molecular flexibility index (Phi) is 9.18. The highest BCUT2D eigenvalue weighted by molar-refractivity contribution is 6.02. The molecule has 2 aliphatic heterocycles. The lowest BCUT2D eigenvalue weighted by Gasteiger charge is -2.43. The van der Waals surface area contributed by atoms with E-state index in [1.54, 1.807) is 12.4 Å². The van der Waals surface area contributed by atoms with E-state index in [1.807, 2.05) is 26.0 Å². The number of aromatic nitrogens is 1. The van der Waals surface area contributed by atoms with Crippen LogP contribution in [0.4, 0.5) is 0 Å². The normalized spacial score (nSPS) is 18.8. The van der Waals surface area contributed by atoms with E-state index < -0.39 is 11.9 Å². The summed E-state index contributed by atoms with van der Waals surface area (Å²) in [4.78, 5) is 33.1. The fourth-order valence-electron chi connectivity index (χ4n) is 6.57. The third-order valence-corrected chi connectivity index (χ3v) is 8.73. The third-order valence-electron chi connectivity index (χ3n) is 8.73. The lowest BCUT2D eigenvalue weighted by molar-refractivity contribution is -0.136. The standard InChI is InChI=1S/C35H40N4O3/c1-25-30(32(27-12-10-19-36-24-27)31(26(2)38-25)34(41)42-3)33(40)37-20-11-21-39-22-17-35(18-23-39,28-13-6-4-7-14-28)29-15-8-5-9-16-29/h4-10,12-16,19,24,32,38H,11,17-18,20-23H2,1-3H3,(H,37,40). The third kappa shape index (κ3) is 6.02. The minimum Gasteiger partial charge on any atom is -0.466 e. The molecule has 7 heteroatoms. The Morgan fingerprint density at radius 1 is 0.929 bits per heavy atom. The number of amides is 1. The average Bonchev–Trinajstić information content (AvgIpc) is 3.04. The Morgan fingerprint density at radius 3 is 2.12 bits per heavy atom. The molecule has 0 bridgehead atoms. The molecular weight excluding hydrogens is 524 g/mol. The number of pyridine rings is 1. The van der Waals surface area contributed by atoms with Gasteiger partial charge >= 0.3 is 5.97 Å². The number of piperidine rings is 1. The van der Waals surface area contributed by atoms with Gasteiger partial charge in [0.15, 0.2) is 0 Å². The number of benzene rings is 2. The van der Waals surface area contributed by atoms with Gasteiger partial charge in [0.05, 0.1) is 18.6 Å². The Balaban J connectivity index is 1.21. The molecule has 1 fully saturated rings. The summed E-state index contributed by atoms with van der Waals surface area (Å²) in [5.41, 5.74) is 5.90. The summed E-state index contributed by atoms with van der Waals surface area (Å²) in [6.07, 6.45) is 6.33. The Hall–Kier alpha value is -4.23. The van der Waals surface area contributed by atoms with Crippen LogP contribution in [0.15, 0.2) is 108 Å². The molecule has 2 aromatic carbocycles. The molecule has 3 heterocycles. The molecule has 2 N–H and O–H groups in total. The molecule has 218 valence electrons. The molecule has 0 saturated carbocycles. The zero-order valence-corrected chi connectivity index (χ0v) is 24.7. The van der Waals surface area contributed by atoms with Crippen LogP contribution in [-0.2, 0) is 19.7 Å². The molecule has 0 aliphatic carbocycles. The first-order valence-electron chi connectivity index (χ1n) is 14.7. The second-order valence-electron chi connectivity index (χ2n) is 11.2. The van der Waals surface area contributed by atoms with Crippen LogP contribution in [0.3, 0.4) is 0 Å². The highest BCUT2D eigenvalue weighted by Gasteiger charge is 2.38. The number of hydrogen-bond acceptors (Lipinski definition) is 6. The maximum Gasteiger partial charge on any atom is 0.336 e. The first-order chi connectivity index (χ1) is 20.4. The molecule has 7 nitrogen and oxygen atoms in total. The number of rotatable bonds is 9. The van der Waals surface area contributed by atoms with E-state index in [-0.39, 0.29) is 11.3 Å². The van der Waals surface area contributed by atoms with E-state index in [0.29, 0.717) is 23.4 Å². The smallest absolute Gasteiger partial charge is 0.336 e. The quantitative estimate of drug-likeness (QED) is 0.279. The molecule has 1 amide bonds. The van der Waals surface area contributed by atoms with Gasteiger partial charge in [0.2, 0.25) is 5.91 Å². The predicted octanol–water partition coefficient (Wildman–Crippen LogP) is 5.08. The van der Waals surface area contributed by atoms with Crippen molar-refractivity contribution in [1.29, 1.82) is 0 Å². The van der Waals surface area contributed by atoms with E-state index in [2.05, 4.69) is 81.2 Å². The molecular formula is C35H40N4O3. The highest BCUT2D eigenvalue weighted by atomic mass is 16.5. The number of carbonyl (C=O) groups excluding carboxylic acids is 2. The van der Waals surface area contributed by atoms with Gasteiger partial charge in [-0.2, -0.15) is 0 Å². The van der Waals surface area contributed by atoms with E-state index in [4.69, 9.17) is 4.74 Å². The Morgan fingerprint density at radius 2 is 1.55 bits per heavy atom. The summed E-state index contributed by atoms with van der Waals surface area (Å²) in [6.45, 7) is 7.16. The number of esters is 1. The van der Waals surface area contributed by atoms with Crippen molar-refractivity contribution in [3.8, 4) is 0 Å². The molecule has 0 radical (unpaired) electrons. The lowest BCUT2D eigenvalue weighted by atomic mass is 9.68. The van der Waals surface area contributed by atoms with Gasteiger partial charge in [-0.1, -0.05) is 66.7 Å². The van der Waals surface area contributed by atoms with Crippen molar-refractivity contribution in [3.05, 3.63) is 124 Å². The summed E-state index contributed by atoms with van der Waals surface area (Å²) < 4.78 is 5.09. The molecule has 5 rings (SSSR count). The number of hydrogen-bond donors (Lipinski definition) is 2. The number of nitrogens with one attached hydrogen (secondary N) is 2. The zero-order valence-electron chi connectivity index (χ0n) is 24.7. The molecule has 0 spiro atoms. The molecule has 42 heavy (non-hydrogen) atoms.